The number of nitrogens with one attached hydrogen (secondary N) is 2. The molecule has 0 radical (unpaired) electrons. The van der Waals surface area contributed by atoms with E-state index in [1.807, 2.05) is 36.4 Å². The Morgan fingerprint density at radius 2 is 1.88 bits per heavy atom. The molecule has 0 unspecified atom stereocenters. The fourth-order valence-electron chi connectivity index (χ4n) is 2.34. The van der Waals surface area contributed by atoms with Gasteiger partial charge in [0.25, 0.3) is 5.91 Å². The SMILES string of the molecule is CCCCNC(=O)c1ccc(CN=C(N)Nc2ccccc2OC)cc1. The number of hydrogen-bond acceptors (Lipinski definition) is 3. The largest absolute Gasteiger partial charge is 0.495 e. The van der Waals surface area contributed by atoms with Crippen molar-refractivity contribution >= 4 is 17.6 Å². The van der Waals surface area contributed by atoms with Crippen molar-refractivity contribution < 1.29 is 9.53 Å². The first-order valence-electron chi connectivity index (χ1n) is 8.71. The Hall–Kier alpha value is -3.02. The van der Waals surface area contributed by atoms with Crippen molar-refractivity contribution in [3.63, 3.8) is 0 Å². The van der Waals surface area contributed by atoms with Crippen LogP contribution in [0.5, 0.6) is 5.75 Å². The van der Waals surface area contributed by atoms with Crippen molar-refractivity contribution in [3.05, 3.63) is 59.7 Å². The fraction of sp³-hybridized carbons (Fsp3) is 0.300. The highest BCUT2D eigenvalue weighted by Crippen LogP contribution is 2.22. The first-order chi connectivity index (χ1) is 12.6. The van der Waals surface area contributed by atoms with Crippen molar-refractivity contribution in [2.75, 3.05) is 19.0 Å². The quantitative estimate of drug-likeness (QED) is 0.386. The van der Waals surface area contributed by atoms with Crippen molar-refractivity contribution in [2.24, 2.45) is 10.7 Å². The molecule has 6 heteroatoms. The Morgan fingerprint density at radius 1 is 1.15 bits per heavy atom. The van der Waals surface area contributed by atoms with Gasteiger partial charge in [-0.05, 0) is 36.2 Å². The molecule has 0 saturated heterocycles. The van der Waals surface area contributed by atoms with Crippen LogP contribution in [0.3, 0.4) is 0 Å². The molecule has 2 aromatic carbocycles. The second kappa shape index (κ2) is 10.1. The molecular formula is C20H26N4O2. The topological polar surface area (TPSA) is 88.7 Å². The van der Waals surface area contributed by atoms with E-state index in [1.54, 1.807) is 19.2 Å². The molecule has 6 nitrogen and oxygen atoms in total. The molecule has 4 N–H and O–H groups in total. The van der Waals surface area contributed by atoms with Crippen LogP contribution in [0.25, 0.3) is 0 Å². The normalized spacial score (nSPS) is 11.1. The zero-order chi connectivity index (χ0) is 18.8. The lowest BCUT2D eigenvalue weighted by atomic mass is 10.1. The molecule has 2 aromatic rings. The summed E-state index contributed by atoms with van der Waals surface area (Å²) >= 11 is 0. The molecule has 0 fully saturated rings. The summed E-state index contributed by atoms with van der Waals surface area (Å²) in [5, 5.41) is 5.93. The predicted molar refractivity (Wildman–Crippen MR) is 106 cm³/mol. The maximum atomic E-state index is 12.0. The monoisotopic (exact) mass is 354 g/mol. The van der Waals surface area contributed by atoms with Crippen LogP contribution in [0.2, 0.25) is 0 Å². The highest BCUT2D eigenvalue weighted by atomic mass is 16.5. The van der Waals surface area contributed by atoms with Gasteiger partial charge >= 0.3 is 0 Å². The molecule has 138 valence electrons. The number of carbonyl (C=O) groups is 1. The average Bonchev–Trinajstić information content (AvgIpc) is 2.67. The predicted octanol–water partition coefficient (Wildman–Crippen LogP) is 3.15. The molecule has 0 heterocycles. The summed E-state index contributed by atoms with van der Waals surface area (Å²) in [7, 11) is 1.60. The lowest BCUT2D eigenvalue weighted by molar-refractivity contribution is 0.0953. The molecule has 0 saturated carbocycles. The van der Waals surface area contributed by atoms with Gasteiger partial charge in [0.1, 0.15) is 5.75 Å². The number of nitrogens with two attached hydrogens (primary N) is 1. The Bertz CT molecular complexity index is 742. The number of unbranched alkanes of at least 4 members (excludes halogenated alkanes) is 1. The molecule has 0 aliphatic heterocycles. The molecule has 0 bridgehead atoms. The molecule has 1 amide bonds. The van der Waals surface area contributed by atoms with Gasteiger partial charge in [-0.1, -0.05) is 37.6 Å². The molecule has 26 heavy (non-hydrogen) atoms. The van der Waals surface area contributed by atoms with Gasteiger partial charge in [-0.3, -0.25) is 4.79 Å². The zero-order valence-corrected chi connectivity index (χ0v) is 15.3. The molecule has 0 aromatic heterocycles. The van der Waals surface area contributed by atoms with Gasteiger partial charge in [0.2, 0.25) is 0 Å². The number of anilines is 1. The van der Waals surface area contributed by atoms with E-state index < -0.39 is 0 Å². The van der Waals surface area contributed by atoms with Crippen molar-refractivity contribution in [3.8, 4) is 5.75 Å². The third-order valence-electron chi connectivity index (χ3n) is 3.83. The number of ether oxygens (including phenoxy) is 1. The van der Waals surface area contributed by atoms with Crippen LogP contribution in [-0.4, -0.2) is 25.5 Å². The first-order valence-corrected chi connectivity index (χ1v) is 8.71. The lowest BCUT2D eigenvalue weighted by Crippen LogP contribution is -2.24. The van der Waals surface area contributed by atoms with Crippen LogP contribution in [0.4, 0.5) is 5.69 Å². The van der Waals surface area contributed by atoms with Gasteiger partial charge < -0.3 is 21.1 Å². The minimum Gasteiger partial charge on any atom is -0.495 e. The molecular weight excluding hydrogens is 328 g/mol. The number of hydrogen-bond donors (Lipinski definition) is 3. The minimum atomic E-state index is -0.0501. The lowest BCUT2D eigenvalue weighted by Gasteiger charge is -2.10. The van der Waals surface area contributed by atoms with E-state index in [-0.39, 0.29) is 5.91 Å². The Morgan fingerprint density at radius 3 is 2.58 bits per heavy atom. The van der Waals surface area contributed by atoms with Gasteiger partial charge in [-0.15, -0.1) is 0 Å². The minimum absolute atomic E-state index is 0.0501. The van der Waals surface area contributed by atoms with E-state index in [2.05, 4.69) is 22.5 Å². The highest BCUT2D eigenvalue weighted by Gasteiger charge is 2.05. The van der Waals surface area contributed by atoms with E-state index in [4.69, 9.17) is 10.5 Å². The van der Waals surface area contributed by atoms with Gasteiger partial charge in [0.15, 0.2) is 5.96 Å². The van der Waals surface area contributed by atoms with Crippen LogP contribution in [0, 0.1) is 0 Å². The summed E-state index contributed by atoms with van der Waals surface area (Å²) in [6.45, 7) is 3.22. The van der Waals surface area contributed by atoms with Crippen molar-refractivity contribution in [1.29, 1.82) is 0 Å². The summed E-state index contributed by atoms with van der Waals surface area (Å²) in [5.74, 6) is 0.950. The van der Waals surface area contributed by atoms with Gasteiger partial charge in [-0.25, -0.2) is 4.99 Å². The standard InChI is InChI=1S/C20H26N4O2/c1-3-4-13-22-19(25)16-11-9-15(10-12-16)14-23-20(21)24-17-7-5-6-8-18(17)26-2/h5-12H,3-4,13-14H2,1-2H3,(H,22,25)(H3,21,23,24). The number of carbonyl (C=O) groups excluding carboxylic acids is 1. The Kier molecular flexibility index (Phi) is 7.49. The van der Waals surface area contributed by atoms with Crippen LogP contribution < -0.4 is 21.1 Å². The summed E-state index contributed by atoms with van der Waals surface area (Å²) in [5.41, 5.74) is 8.32. The van der Waals surface area contributed by atoms with E-state index in [1.165, 1.54) is 0 Å². The molecule has 0 atom stereocenters. The van der Waals surface area contributed by atoms with Gasteiger partial charge in [0, 0.05) is 12.1 Å². The number of benzene rings is 2. The number of para-hydroxylation sites is 2. The Balaban J connectivity index is 1.92. The van der Waals surface area contributed by atoms with Gasteiger partial charge in [-0.2, -0.15) is 0 Å². The van der Waals surface area contributed by atoms with E-state index in [9.17, 15) is 4.79 Å². The average molecular weight is 354 g/mol. The smallest absolute Gasteiger partial charge is 0.251 e. The number of methoxy groups -OCH3 is 1. The molecule has 0 spiro atoms. The third kappa shape index (κ3) is 5.81. The number of amides is 1. The van der Waals surface area contributed by atoms with Crippen LogP contribution in [0.1, 0.15) is 35.7 Å². The van der Waals surface area contributed by atoms with E-state index in [0.717, 1.165) is 24.1 Å². The fourth-order valence-corrected chi connectivity index (χ4v) is 2.34. The molecule has 2 rings (SSSR count). The zero-order valence-electron chi connectivity index (χ0n) is 15.3. The van der Waals surface area contributed by atoms with E-state index in [0.29, 0.717) is 30.4 Å². The number of aliphatic imine (C=N–C) groups is 1. The summed E-state index contributed by atoms with van der Waals surface area (Å²) < 4.78 is 5.27. The highest BCUT2D eigenvalue weighted by molar-refractivity contribution is 5.94. The maximum absolute atomic E-state index is 12.0. The number of nitrogens with zero attached hydrogens (tertiary/aromatic N) is 1. The third-order valence-corrected chi connectivity index (χ3v) is 3.83. The Labute approximate surface area is 154 Å². The maximum Gasteiger partial charge on any atom is 0.251 e. The summed E-state index contributed by atoms with van der Waals surface area (Å²) in [4.78, 5) is 16.3. The van der Waals surface area contributed by atoms with Crippen molar-refractivity contribution in [1.82, 2.24) is 5.32 Å². The molecule has 0 aliphatic rings. The number of rotatable bonds is 8. The summed E-state index contributed by atoms with van der Waals surface area (Å²) in [6.07, 6.45) is 2.04. The molecule has 0 aliphatic carbocycles. The van der Waals surface area contributed by atoms with Crippen LogP contribution in [-0.2, 0) is 6.54 Å². The van der Waals surface area contributed by atoms with E-state index >= 15 is 0 Å². The second-order valence-electron chi connectivity index (χ2n) is 5.83. The van der Waals surface area contributed by atoms with Gasteiger partial charge in [0.05, 0.1) is 19.3 Å². The van der Waals surface area contributed by atoms with Crippen LogP contribution >= 0.6 is 0 Å². The summed E-state index contributed by atoms with van der Waals surface area (Å²) in [6, 6.07) is 14.9. The van der Waals surface area contributed by atoms with Crippen LogP contribution in [0.15, 0.2) is 53.5 Å². The number of guanidine groups is 1. The second-order valence-corrected chi connectivity index (χ2v) is 5.83. The van der Waals surface area contributed by atoms with Crippen molar-refractivity contribution in [2.45, 2.75) is 26.3 Å². The first kappa shape index (κ1) is 19.3.